The third-order valence-electron chi connectivity index (χ3n) is 5.80. The number of anilines is 1. The van der Waals surface area contributed by atoms with Gasteiger partial charge in [-0.05, 0) is 52.3 Å². The Morgan fingerprint density at radius 2 is 1.83 bits per heavy atom. The summed E-state index contributed by atoms with van der Waals surface area (Å²) in [5.74, 6) is 0.893. The largest absolute Gasteiger partial charge is 0.445 e. The van der Waals surface area contributed by atoms with Gasteiger partial charge in [-0.1, -0.05) is 0 Å². The molecule has 1 aliphatic carbocycles. The molecule has 2 atom stereocenters. The number of aromatic nitrogens is 2. The zero-order valence-electron chi connectivity index (χ0n) is 18.3. The van der Waals surface area contributed by atoms with E-state index in [2.05, 4.69) is 5.32 Å². The minimum atomic E-state index is -0.397. The van der Waals surface area contributed by atoms with Gasteiger partial charge in [-0.2, -0.15) is 0 Å². The van der Waals surface area contributed by atoms with Crippen molar-refractivity contribution < 1.29 is 14.3 Å². The van der Waals surface area contributed by atoms with Crippen LogP contribution in [0.1, 0.15) is 43.6 Å². The van der Waals surface area contributed by atoms with Crippen molar-refractivity contribution in [2.24, 2.45) is 18.9 Å². The van der Waals surface area contributed by atoms with Gasteiger partial charge in [0, 0.05) is 43.1 Å². The van der Waals surface area contributed by atoms with E-state index >= 15 is 0 Å². The van der Waals surface area contributed by atoms with Gasteiger partial charge in [-0.25, -0.2) is 9.78 Å². The van der Waals surface area contributed by atoms with Crippen LogP contribution >= 0.6 is 0 Å². The quantitative estimate of drug-likeness (QED) is 0.778. The fraction of sp³-hybridized carbons (Fsp3) is 0.545. The second kappa shape index (κ2) is 6.82. The van der Waals surface area contributed by atoms with Crippen molar-refractivity contribution in [3.8, 4) is 0 Å². The zero-order chi connectivity index (χ0) is 22.0. The number of hydrogen-bond donors (Lipinski definition) is 1. The maximum atomic E-state index is 13.0. The highest BCUT2D eigenvalue weighted by atomic mass is 16.6. The number of alkyl carbamates (subject to hydrolysis) is 1. The molecule has 2 unspecified atom stereocenters. The molecule has 1 saturated heterocycles. The van der Waals surface area contributed by atoms with E-state index in [4.69, 9.17) is 9.72 Å². The fourth-order valence-electron chi connectivity index (χ4n) is 4.33. The van der Waals surface area contributed by atoms with Gasteiger partial charge in [0.1, 0.15) is 6.10 Å². The number of nitrogens with one attached hydrogen (secondary N) is 1. The average Bonchev–Trinajstić information content (AvgIpc) is 3.06. The van der Waals surface area contributed by atoms with Crippen LogP contribution in [0.15, 0.2) is 16.9 Å². The molecular formula is C22H28N4O4. The van der Waals surface area contributed by atoms with Crippen molar-refractivity contribution >= 4 is 28.7 Å². The highest BCUT2D eigenvalue weighted by molar-refractivity contribution is 6.05. The van der Waals surface area contributed by atoms with Crippen LogP contribution in [0.3, 0.4) is 0 Å². The van der Waals surface area contributed by atoms with Gasteiger partial charge in [-0.15, -0.1) is 0 Å². The topological polar surface area (TPSA) is 93.5 Å². The monoisotopic (exact) mass is 412 g/mol. The Bertz CT molecular complexity index is 1100. The first-order valence-electron chi connectivity index (χ1n) is 10.2. The van der Waals surface area contributed by atoms with Crippen LogP contribution < -0.4 is 15.8 Å². The lowest BCUT2D eigenvalue weighted by Gasteiger charge is -2.24. The van der Waals surface area contributed by atoms with Crippen molar-refractivity contribution in [2.75, 3.05) is 18.0 Å². The van der Waals surface area contributed by atoms with Gasteiger partial charge in [0.2, 0.25) is 5.95 Å². The summed E-state index contributed by atoms with van der Waals surface area (Å²) in [7, 11) is 1.70. The molecule has 1 aliphatic heterocycles. The van der Waals surface area contributed by atoms with E-state index in [1.165, 1.54) is 6.92 Å². The van der Waals surface area contributed by atoms with Gasteiger partial charge >= 0.3 is 6.09 Å². The number of hydrogen-bond acceptors (Lipinski definition) is 6. The number of piperidine rings is 1. The second-order valence-corrected chi connectivity index (χ2v) is 9.52. The highest BCUT2D eigenvalue weighted by Crippen LogP contribution is 2.48. The van der Waals surface area contributed by atoms with Crippen LogP contribution in [0.4, 0.5) is 10.7 Å². The highest BCUT2D eigenvalue weighted by Gasteiger charge is 2.59. The molecule has 2 fully saturated rings. The van der Waals surface area contributed by atoms with E-state index in [-0.39, 0.29) is 34.8 Å². The summed E-state index contributed by atoms with van der Waals surface area (Å²) >= 11 is 0. The van der Waals surface area contributed by atoms with E-state index in [1.807, 2.05) is 32.6 Å². The number of nitrogens with zero attached hydrogens (tertiary/aromatic N) is 3. The van der Waals surface area contributed by atoms with Gasteiger partial charge in [-0.3, -0.25) is 14.2 Å². The molecule has 1 aromatic heterocycles. The number of benzene rings is 1. The maximum Gasteiger partial charge on any atom is 0.407 e. The predicted molar refractivity (Wildman–Crippen MR) is 114 cm³/mol. The zero-order valence-corrected chi connectivity index (χ0v) is 18.3. The Kier molecular flexibility index (Phi) is 4.63. The predicted octanol–water partition coefficient (Wildman–Crippen LogP) is 2.40. The molecule has 30 heavy (non-hydrogen) atoms. The van der Waals surface area contributed by atoms with Gasteiger partial charge in [0.05, 0.1) is 10.9 Å². The minimum absolute atomic E-state index is 0.100. The summed E-state index contributed by atoms with van der Waals surface area (Å²) < 4.78 is 7.11. The fourth-order valence-corrected chi connectivity index (χ4v) is 4.33. The van der Waals surface area contributed by atoms with Crippen molar-refractivity contribution in [1.82, 2.24) is 14.9 Å². The number of ketones is 1. The van der Waals surface area contributed by atoms with Crippen molar-refractivity contribution in [1.29, 1.82) is 0 Å². The number of rotatable bonds is 3. The average molecular weight is 412 g/mol. The Morgan fingerprint density at radius 1 is 1.20 bits per heavy atom. The van der Waals surface area contributed by atoms with Crippen LogP contribution in [-0.2, 0) is 11.8 Å². The van der Waals surface area contributed by atoms with Crippen LogP contribution in [-0.4, -0.2) is 46.2 Å². The third-order valence-corrected chi connectivity index (χ3v) is 5.80. The minimum Gasteiger partial charge on any atom is -0.445 e. The van der Waals surface area contributed by atoms with E-state index in [0.29, 0.717) is 35.5 Å². The molecule has 1 aromatic carbocycles. The molecule has 1 N–H and O–H groups in total. The summed E-state index contributed by atoms with van der Waals surface area (Å²) in [4.78, 5) is 43.9. The molecule has 0 radical (unpaired) electrons. The molecule has 1 amide bonds. The first-order chi connectivity index (χ1) is 14.0. The van der Waals surface area contributed by atoms with Crippen LogP contribution in [0.25, 0.3) is 10.9 Å². The molecule has 2 heterocycles. The van der Waals surface area contributed by atoms with Gasteiger partial charge < -0.3 is 15.0 Å². The number of Topliss-reactive ketones (excluding diaryl/α,β-unsaturated/α-hetero) is 1. The first kappa shape index (κ1) is 20.4. The first-order valence-corrected chi connectivity index (χ1v) is 10.2. The summed E-state index contributed by atoms with van der Waals surface area (Å²) in [6.45, 7) is 10.4. The number of carbonyl (C=O) groups excluding carboxylic acids is 2. The molecular weight excluding hydrogens is 384 g/mol. The molecule has 0 spiro atoms. The van der Waals surface area contributed by atoms with Gasteiger partial charge in [0.25, 0.3) is 5.56 Å². The van der Waals surface area contributed by atoms with Crippen LogP contribution in [0, 0.1) is 18.8 Å². The Hall–Kier alpha value is -2.90. The van der Waals surface area contributed by atoms with Gasteiger partial charge in [0.15, 0.2) is 5.78 Å². The maximum absolute atomic E-state index is 13.0. The molecule has 2 aromatic rings. The lowest BCUT2D eigenvalue weighted by atomic mass is 10.0. The Morgan fingerprint density at radius 3 is 2.40 bits per heavy atom. The molecule has 2 aliphatic rings. The summed E-state index contributed by atoms with van der Waals surface area (Å²) in [5.41, 5.74) is 1.26. The Balaban J connectivity index is 1.57. The number of ether oxygens (including phenoxy) is 1. The van der Waals surface area contributed by atoms with Crippen molar-refractivity contribution in [3.05, 3.63) is 33.6 Å². The van der Waals surface area contributed by atoms with Crippen molar-refractivity contribution in [2.45, 2.75) is 46.3 Å². The lowest BCUT2D eigenvalue weighted by molar-refractivity contribution is 0.101. The molecule has 4 rings (SSSR count). The second-order valence-electron chi connectivity index (χ2n) is 9.52. The third kappa shape index (κ3) is 3.55. The number of fused-ring (bicyclic) bond motifs is 2. The van der Waals surface area contributed by atoms with E-state index in [0.717, 1.165) is 5.56 Å². The Labute approximate surface area is 175 Å². The summed E-state index contributed by atoms with van der Waals surface area (Å²) in [5, 5.41) is 3.27. The smallest absolute Gasteiger partial charge is 0.407 e. The van der Waals surface area contributed by atoms with Crippen molar-refractivity contribution in [3.63, 3.8) is 0 Å². The standard InChI is InChI=1S/C22H28N4O4/c1-11-7-13(12(2)27)17-14(8-11)19(28)25(6)20(23-17)26-9-15-16(10-26)18(15)30-21(29)24-22(3,4)5/h7-8,15-16,18H,9-10H2,1-6H3,(H,24,29). The number of amides is 1. The summed E-state index contributed by atoms with van der Waals surface area (Å²) in [6, 6.07) is 3.56. The summed E-state index contributed by atoms with van der Waals surface area (Å²) in [6.07, 6.45) is -0.498. The molecule has 8 nitrogen and oxygen atoms in total. The molecule has 0 bridgehead atoms. The van der Waals surface area contributed by atoms with Crippen LogP contribution in [0.2, 0.25) is 0 Å². The van der Waals surface area contributed by atoms with Crippen LogP contribution in [0.5, 0.6) is 0 Å². The number of carbonyl (C=O) groups is 2. The van der Waals surface area contributed by atoms with E-state index in [9.17, 15) is 14.4 Å². The number of aryl methyl sites for hydroxylation is 1. The van der Waals surface area contributed by atoms with E-state index < -0.39 is 6.09 Å². The van der Waals surface area contributed by atoms with E-state index in [1.54, 1.807) is 23.7 Å². The molecule has 8 heteroatoms. The SMILES string of the molecule is CC(=O)c1cc(C)cc2c(=O)n(C)c(N3CC4C(C3)C4OC(=O)NC(C)(C)C)nc12. The molecule has 160 valence electrons. The lowest BCUT2D eigenvalue weighted by Crippen LogP contribution is -2.42. The molecule has 1 saturated carbocycles. The normalized spacial score (nSPS) is 22.7.